The van der Waals surface area contributed by atoms with Crippen LogP contribution >= 0.6 is 0 Å². The lowest BCUT2D eigenvalue weighted by Crippen LogP contribution is -2.65. The van der Waals surface area contributed by atoms with E-state index < -0.39 is 55.4 Å². The summed E-state index contributed by atoms with van der Waals surface area (Å²) < 4.78 is 12.8. The van der Waals surface area contributed by atoms with Crippen molar-refractivity contribution in [1.82, 2.24) is 5.32 Å². The van der Waals surface area contributed by atoms with Crippen LogP contribution in [0, 0.1) is 0 Å². The highest BCUT2D eigenvalue weighted by Gasteiger charge is 2.48. The molecule has 2 unspecified atom stereocenters. The van der Waals surface area contributed by atoms with Crippen molar-refractivity contribution in [3.8, 4) is 0 Å². The minimum absolute atomic E-state index is 0.229. The van der Waals surface area contributed by atoms with Crippen LogP contribution in [0.5, 0.6) is 0 Å². The third kappa shape index (κ3) is 21.1. The van der Waals surface area contributed by atoms with Crippen LogP contribution in [-0.2, 0) is 9.53 Å². The molecule has 290 valence electrons. The molecular weight excluding hydrogens is 622 g/mol. The lowest BCUT2D eigenvalue weighted by molar-refractivity contribution is -0.253. The number of aliphatic hydroxyl groups excluding tert-OH is 6. The molecule has 1 saturated heterocycles. The molecular formula is C40H77NO8. The lowest BCUT2D eigenvalue weighted by atomic mass is 9.88. The molecule has 1 rings (SSSR count). The van der Waals surface area contributed by atoms with Gasteiger partial charge in [0.05, 0.1) is 18.8 Å². The van der Waals surface area contributed by atoms with E-state index in [9.17, 15) is 35.4 Å². The minimum atomic E-state index is -1.69. The van der Waals surface area contributed by atoms with Crippen LogP contribution < -0.4 is 5.32 Å². The SMILES string of the molecule is [2H]CCCCCCCCCCCCCCCC(=O)N[C@@H](C(O)C1O[C@H](CO)[C@@H](O)[C@H](O)[C@H]1O)[C@H](O)/C=C/CCCCCCCCCCCCC. The molecule has 1 aliphatic heterocycles. The van der Waals surface area contributed by atoms with Crippen molar-refractivity contribution in [1.29, 1.82) is 0 Å². The van der Waals surface area contributed by atoms with Gasteiger partial charge in [0.1, 0.15) is 36.6 Å². The van der Waals surface area contributed by atoms with E-state index in [1.165, 1.54) is 109 Å². The molecule has 9 heteroatoms. The first kappa shape index (κ1) is 44.1. The Morgan fingerprint density at radius 3 is 1.65 bits per heavy atom. The van der Waals surface area contributed by atoms with Gasteiger partial charge in [0, 0.05) is 7.79 Å². The second-order valence-electron chi connectivity index (χ2n) is 14.5. The smallest absolute Gasteiger partial charge is 0.220 e. The van der Waals surface area contributed by atoms with Gasteiger partial charge in [0.25, 0.3) is 0 Å². The predicted molar refractivity (Wildman–Crippen MR) is 198 cm³/mol. The number of carbonyl (C=O) groups excluding carboxylic acids is 1. The third-order valence-electron chi connectivity index (χ3n) is 10.0. The highest BCUT2D eigenvalue weighted by atomic mass is 16.6. The van der Waals surface area contributed by atoms with Crippen LogP contribution in [0.1, 0.15) is 182 Å². The largest absolute Gasteiger partial charge is 0.394 e. The summed E-state index contributed by atoms with van der Waals surface area (Å²) in [5, 5.41) is 65.8. The first-order valence-corrected chi connectivity index (χ1v) is 20.2. The Balaban J connectivity index is 2.50. The van der Waals surface area contributed by atoms with Crippen LogP contribution in [0.25, 0.3) is 0 Å². The highest BCUT2D eigenvalue weighted by Crippen LogP contribution is 2.26. The van der Waals surface area contributed by atoms with E-state index in [0.29, 0.717) is 13.3 Å². The second kappa shape index (κ2) is 30.5. The minimum Gasteiger partial charge on any atom is -0.394 e. The Bertz CT molecular complexity index is 818. The molecule has 7 N–H and O–H groups in total. The normalized spacial score (nSPS) is 23.4. The molecule has 0 aliphatic carbocycles. The molecule has 0 bridgehead atoms. The van der Waals surface area contributed by atoms with Gasteiger partial charge >= 0.3 is 0 Å². The van der Waals surface area contributed by atoms with Crippen molar-refractivity contribution >= 4 is 5.91 Å². The van der Waals surface area contributed by atoms with Gasteiger partial charge in [0.2, 0.25) is 5.91 Å². The summed E-state index contributed by atoms with van der Waals surface area (Å²) in [6, 6.07) is -1.23. The van der Waals surface area contributed by atoms with Crippen LogP contribution in [0.15, 0.2) is 12.2 Å². The zero-order valence-electron chi connectivity index (χ0n) is 32.1. The Kier molecular flexibility index (Phi) is 27.5. The molecule has 49 heavy (non-hydrogen) atoms. The molecule has 0 aromatic carbocycles. The number of hydrogen-bond donors (Lipinski definition) is 7. The number of amides is 1. The zero-order chi connectivity index (χ0) is 36.8. The van der Waals surface area contributed by atoms with E-state index in [-0.39, 0.29) is 12.3 Å². The summed E-state index contributed by atoms with van der Waals surface area (Å²) in [5.74, 6) is -0.334. The molecule has 0 saturated carbocycles. The number of allylic oxidation sites excluding steroid dienone is 1. The van der Waals surface area contributed by atoms with Crippen LogP contribution in [0.2, 0.25) is 0 Å². The zero-order valence-corrected chi connectivity index (χ0v) is 31.1. The Morgan fingerprint density at radius 2 is 1.16 bits per heavy atom. The van der Waals surface area contributed by atoms with Gasteiger partial charge in [0.15, 0.2) is 0 Å². The third-order valence-corrected chi connectivity index (χ3v) is 10.0. The van der Waals surface area contributed by atoms with E-state index in [4.69, 9.17) is 6.11 Å². The van der Waals surface area contributed by atoms with E-state index in [0.717, 1.165) is 44.9 Å². The van der Waals surface area contributed by atoms with Crippen molar-refractivity contribution in [2.75, 3.05) is 6.61 Å². The van der Waals surface area contributed by atoms with E-state index in [1.54, 1.807) is 6.08 Å². The van der Waals surface area contributed by atoms with Crippen molar-refractivity contribution in [2.24, 2.45) is 0 Å². The summed E-state index contributed by atoms with van der Waals surface area (Å²) in [6.07, 6.45) is 22.3. The fraction of sp³-hybridized carbons (Fsp3) is 0.925. The Hall–Kier alpha value is -1.07. The van der Waals surface area contributed by atoms with Gasteiger partial charge < -0.3 is 40.7 Å². The number of hydrogen-bond acceptors (Lipinski definition) is 8. The summed E-state index contributed by atoms with van der Waals surface area (Å²) in [7, 11) is 0. The fourth-order valence-corrected chi connectivity index (χ4v) is 6.76. The topological polar surface area (TPSA) is 160 Å². The van der Waals surface area contributed by atoms with E-state index in [1.807, 2.05) is 6.08 Å². The second-order valence-corrected chi connectivity index (χ2v) is 14.5. The number of aliphatic hydroxyl groups is 6. The summed E-state index contributed by atoms with van der Waals surface area (Å²) >= 11 is 0. The first-order chi connectivity index (χ1) is 24.3. The van der Waals surface area contributed by atoms with Crippen LogP contribution in [-0.4, -0.2) is 91.9 Å². The Labute approximate surface area is 300 Å². The number of carbonyl (C=O) groups is 1. The quantitative estimate of drug-likeness (QED) is 0.0299. The number of unbranched alkanes of at least 4 members (excludes halogenated alkanes) is 23. The molecule has 8 atom stereocenters. The summed E-state index contributed by atoms with van der Waals surface area (Å²) in [5.41, 5.74) is 0. The average Bonchev–Trinajstić information content (AvgIpc) is 3.11. The fourth-order valence-electron chi connectivity index (χ4n) is 6.76. The molecule has 0 aromatic heterocycles. The molecule has 9 nitrogen and oxygen atoms in total. The summed E-state index contributed by atoms with van der Waals surface area (Å²) in [4.78, 5) is 13.0. The van der Waals surface area contributed by atoms with Crippen LogP contribution in [0.4, 0.5) is 0 Å². The lowest BCUT2D eigenvalue weighted by Gasteiger charge is -2.43. The van der Waals surface area contributed by atoms with Crippen molar-refractivity contribution < 1.29 is 41.5 Å². The number of rotatable bonds is 32. The van der Waals surface area contributed by atoms with E-state index >= 15 is 0 Å². The summed E-state index contributed by atoms with van der Waals surface area (Å²) in [6.45, 7) is 2.14. The monoisotopic (exact) mass is 701 g/mol. The number of ether oxygens (including phenoxy) is 1. The van der Waals surface area contributed by atoms with Gasteiger partial charge in [-0.25, -0.2) is 0 Å². The maximum Gasteiger partial charge on any atom is 0.220 e. The predicted octanol–water partition coefficient (Wildman–Crippen LogP) is 6.77. The van der Waals surface area contributed by atoms with Crippen LogP contribution in [0.3, 0.4) is 0 Å². The molecule has 0 aromatic rings. The molecule has 1 fully saturated rings. The van der Waals surface area contributed by atoms with Crippen molar-refractivity contribution in [3.63, 3.8) is 0 Å². The maximum atomic E-state index is 13.0. The molecule has 0 spiro atoms. The van der Waals surface area contributed by atoms with E-state index in [2.05, 4.69) is 12.2 Å². The Morgan fingerprint density at radius 1 is 0.694 bits per heavy atom. The molecule has 0 radical (unpaired) electrons. The van der Waals surface area contributed by atoms with Gasteiger partial charge in [-0.1, -0.05) is 167 Å². The maximum absolute atomic E-state index is 13.0. The van der Waals surface area contributed by atoms with Gasteiger partial charge in [-0.05, 0) is 19.3 Å². The highest BCUT2D eigenvalue weighted by molar-refractivity contribution is 5.76. The number of nitrogens with one attached hydrogen (secondary N) is 1. The molecule has 1 heterocycles. The molecule has 1 aliphatic rings. The average molecular weight is 701 g/mol. The van der Waals surface area contributed by atoms with Crippen molar-refractivity contribution in [3.05, 3.63) is 12.2 Å². The van der Waals surface area contributed by atoms with Gasteiger partial charge in [-0.15, -0.1) is 0 Å². The van der Waals surface area contributed by atoms with Crippen molar-refractivity contribution in [2.45, 2.75) is 230 Å². The molecule has 1 amide bonds. The standard InChI is InChI=1S/C40H77NO8/c1-3-5-7-9-11-13-15-17-19-21-23-25-27-29-32(43)35(37(46)40-39(48)38(47)36(45)33(31-42)49-40)41-34(44)30-28-26-24-22-20-18-16-14-12-10-8-6-4-2/h27,29,32-33,35-40,42-43,45-48H,3-26,28,30-31H2,1-2H3,(H,41,44)/b29-27+/t32-,33-,35-,36-,37?,38+,39-,40?/m1/s1/i2D. The van der Waals surface area contributed by atoms with Gasteiger partial charge in [-0.2, -0.15) is 0 Å². The van der Waals surface area contributed by atoms with Gasteiger partial charge in [-0.3, -0.25) is 4.79 Å². The first-order valence-electron chi connectivity index (χ1n) is 20.9.